The minimum absolute atomic E-state index is 0.299. The van der Waals surface area contributed by atoms with E-state index in [2.05, 4.69) is 19.2 Å². The molecule has 0 saturated carbocycles. The van der Waals surface area contributed by atoms with Crippen molar-refractivity contribution in [2.75, 3.05) is 24.6 Å². The van der Waals surface area contributed by atoms with Gasteiger partial charge < -0.3 is 5.32 Å². The summed E-state index contributed by atoms with van der Waals surface area (Å²) < 4.78 is 23.1. The molecule has 1 N–H and O–H groups in total. The van der Waals surface area contributed by atoms with Crippen molar-refractivity contribution in [2.45, 2.75) is 33.1 Å². The lowest BCUT2D eigenvalue weighted by atomic mass is 9.67. The Bertz CT molecular complexity index is 344. The van der Waals surface area contributed by atoms with Gasteiger partial charge in [0.05, 0.1) is 11.5 Å². The van der Waals surface area contributed by atoms with Gasteiger partial charge in [0.25, 0.3) is 0 Å². The molecule has 0 aromatic carbocycles. The first-order chi connectivity index (χ1) is 7.44. The van der Waals surface area contributed by atoms with Gasteiger partial charge >= 0.3 is 0 Å². The Balaban J connectivity index is 1.99. The molecule has 2 aliphatic heterocycles. The maximum atomic E-state index is 11.5. The maximum absolute atomic E-state index is 11.5. The summed E-state index contributed by atoms with van der Waals surface area (Å²) in [7, 11) is -2.72. The van der Waals surface area contributed by atoms with E-state index in [-0.39, 0.29) is 0 Å². The fraction of sp³-hybridized carbons (Fsp3) is 1.00. The van der Waals surface area contributed by atoms with Crippen LogP contribution in [0.4, 0.5) is 0 Å². The molecule has 4 heteroatoms. The summed E-state index contributed by atoms with van der Waals surface area (Å²) in [5.74, 6) is 1.99. The van der Waals surface area contributed by atoms with Gasteiger partial charge in [-0.1, -0.05) is 20.3 Å². The Morgan fingerprint density at radius 2 is 2.06 bits per heavy atom. The summed E-state index contributed by atoms with van der Waals surface area (Å²) >= 11 is 0. The van der Waals surface area contributed by atoms with Crippen LogP contribution in [0.2, 0.25) is 0 Å². The molecule has 2 saturated heterocycles. The van der Waals surface area contributed by atoms with Crippen LogP contribution in [0.25, 0.3) is 0 Å². The molecular weight excluding hydrogens is 222 g/mol. The molecule has 3 nitrogen and oxygen atoms in total. The normalized spacial score (nSPS) is 31.6. The van der Waals surface area contributed by atoms with Gasteiger partial charge in [0.1, 0.15) is 0 Å². The first kappa shape index (κ1) is 12.4. The summed E-state index contributed by atoms with van der Waals surface area (Å²) in [5, 5.41) is 3.34. The molecule has 94 valence electrons. The quantitative estimate of drug-likeness (QED) is 0.815. The van der Waals surface area contributed by atoms with Gasteiger partial charge in [0.2, 0.25) is 0 Å². The molecule has 16 heavy (non-hydrogen) atoms. The number of hydrogen-bond donors (Lipinski definition) is 1. The summed E-state index contributed by atoms with van der Waals surface area (Å²) in [6, 6.07) is 0. The molecular formula is C12H23NO2S. The van der Waals surface area contributed by atoms with Crippen molar-refractivity contribution in [2.24, 2.45) is 17.3 Å². The third kappa shape index (κ3) is 2.43. The smallest absolute Gasteiger partial charge is 0.150 e. The second-order valence-corrected chi connectivity index (χ2v) is 8.23. The van der Waals surface area contributed by atoms with E-state index in [4.69, 9.17) is 0 Å². The van der Waals surface area contributed by atoms with Gasteiger partial charge in [0, 0.05) is 13.1 Å². The zero-order valence-corrected chi connectivity index (χ0v) is 11.1. The zero-order valence-electron chi connectivity index (χ0n) is 10.3. The molecule has 0 radical (unpaired) electrons. The van der Waals surface area contributed by atoms with Crippen molar-refractivity contribution in [3.63, 3.8) is 0 Å². The summed E-state index contributed by atoms with van der Waals surface area (Å²) in [6.07, 6.45) is 3.30. The van der Waals surface area contributed by atoms with Gasteiger partial charge in [-0.05, 0) is 30.1 Å². The largest absolute Gasteiger partial charge is 0.316 e. The summed E-state index contributed by atoms with van der Waals surface area (Å²) in [6.45, 7) is 6.54. The second kappa shape index (κ2) is 4.30. The topological polar surface area (TPSA) is 46.2 Å². The Morgan fingerprint density at radius 1 is 1.38 bits per heavy atom. The van der Waals surface area contributed by atoms with Gasteiger partial charge in [-0.3, -0.25) is 0 Å². The molecule has 0 amide bonds. The van der Waals surface area contributed by atoms with Crippen molar-refractivity contribution >= 4 is 9.84 Å². The molecule has 0 aromatic rings. The molecule has 0 spiro atoms. The monoisotopic (exact) mass is 245 g/mol. The molecule has 1 atom stereocenters. The van der Waals surface area contributed by atoms with E-state index in [0.29, 0.717) is 22.8 Å². The minimum Gasteiger partial charge on any atom is -0.316 e. The molecule has 2 aliphatic rings. The third-order valence-electron chi connectivity index (χ3n) is 4.27. The predicted octanol–water partition coefficient (Wildman–Crippen LogP) is 1.45. The highest BCUT2D eigenvalue weighted by atomic mass is 32.2. The maximum Gasteiger partial charge on any atom is 0.150 e. The highest BCUT2D eigenvalue weighted by Gasteiger charge is 2.47. The van der Waals surface area contributed by atoms with Crippen LogP contribution >= 0.6 is 0 Å². The van der Waals surface area contributed by atoms with Crippen LogP contribution in [0.5, 0.6) is 0 Å². The number of rotatable bonds is 4. The van der Waals surface area contributed by atoms with E-state index in [1.54, 1.807) is 0 Å². The molecule has 2 fully saturated rings. The van der Waals surface area contributed by atoms with Gasteiger partial charge in [0.15, 0.2) is 9.84 Å². The lowest BCUT2D eigenvalue weighted by Gasteiger charge is -2.47. The van der Waals surface area contributed by atoms with E-state index in [0.717, 1.165) is 25.4 Å². The van der Waals surface area contributed by atoms with Crippen LogP contribution in [0, 0.1) is 17.3 Å². The molecule has 2 rings (SSSR count). The lowest BCUT2D eigenvalue weighted by Crippen LogP contribution is -2.58. The average molecular weight is 245 g/mol. The highest BCUT2D eigenvalue weighted by Crippen LogP contribution is 2.43. The second-order valence-electron chi connectivity index (χ2n) is 6.00. The Morgan fingerprint density at radius 3 is 2.44 bits per heavy atom. The van der Waals surface area contributed by atoms with Crippen molar-refractivity contribution in [1.29, 1.82) is 0 Å². The van der Waals surface area contributed by atoms with Crippen molar-refractivity contribution < 1.29 is 8.42 Å². The SMILES string of the molecule is CC(C)CCC1(C2CCS(=O)(=O)C2)CNC1. The first-order valence-electron chi connectivity index (χ1n) is 6.35. The number of hydrogen-bond acceptors (Lipinski definition) is 3. The Labute approximate surface area is 98.9 Å². The molecule has 0 aromatic heterocycles. The van der Waals surface area contributed by atoms with E-state index < -0.39 is 9.84 Å². The third-order valence-corrected chi connectivity index (χ3v) is 6.04. The van der Waals surface area contributed by atoms with Crippen LogP contribution in [0.3, 0.4) is 0 Å². The average Bonchev–Trinajstić information content (AvgIpc) is 2.44. The molecule has 2 heterocycles. The van der Waals surface area contributed by atoms with E-state index in [1.165, 1.54) is 12.8 Å². The molecule has 0 aliphatic carbocycles. The Hall–Kier alpha value is -0.0900. The van der Waals surface area contributed by atoms with Crippen LogP contribution in [0.1, 0.15) is 33.1 Å². The number of nitrogens with one attached hydrogen (secondary N) is 1. The van der Waals surface area contributed by atoms with Crippen LogP contribution < -0.4 is 5.32 Å². The standard InChI is InChI=1S/C12H23NO2S/c1-10(2)3-5-12(8-13-9-12)11-4-6-16(14,15)7-11/h10-11,13H,3-9H2,1-2H3. The van der Waals surface area contributed by atoms with Crippen LogP contribution in [0.15, 0.2) is 0 Å². The van der Waals surface area contributed by atoms with Crippen LogP contribution in [-0.2, 0) is 9.84 Å². The summed E-state index contributed by atoms with van der Waals surface area (Å²) in [5.41, 5.74) is 0.299. The van der Waals surface area contributed by atoms with Crippen molar-refractivity contribution in [3.05, 3.63) is 0 Å². The van der Waals surface area contributed by atoms with Gasteiger partial charge in [-0.25, -0.2) is 8.42 Å². The van der Waals surface area contributed by atoms with Gasteiger partial charge in [-0.15, -0.1) is 0 Å². The minimum atomic E-state index is -2.72. The van der Waals surface area contributed by atoms with Crippen molar-refractivity contribution in [1.82, 2.24) is 5.32 Å². The molecule has 0 bridgehead atoms. The first-order valence-corrected chi connectivity index (χ1v) is 8.17. The molecule has 1 unspecified atom stereocenters. The highest BCUT2D eigenvalue weighted by molar-refractivity contribution is 7.91. The van der Waals surface area contributed by atoms with E-state index in [1.807, 2.05) is 0 Å². The fourth-order valence-corrected chi connectivity index (χ4v) is 4.91. The lowest BCUT2D eigenvalue weighted by molar-refractivity contribution is 0.0736. The number of sulfone groups is 1. The Kier molecular flexibility index (Phi) is 3.32. The summed E-state index contributed by atoms with van der Waals surface area (Å²) in [4.78, 5) is 0. The predicted molar refractivity (Wildman–Crippen MR) is 66.1 cm³/mol. The van der Waals surface area contributed by atoms with Crippen LogP contribution in [-0.4, -0.2) is 33.0 Å². The van der Waals surface area contributed by atoms with Gasteiger partial charge in [-0.2, -0.15) is 0 Å². The van der Waals surface area contributed by atoms with Crippen molar-refractivity contribution in [3.8, 4) is 0 Å². The zero-order chi connectivity index (χ0) is 11.8. The van der Waals surface area contributed by atoms with E-state index >= 15 is 0 Å². The fourth-order valence-electron chi connectivity index (χ4n) is 2.97. The van der Waals surface area contributed by atoms with E-state index in [9.17, 15) is 8.42 Å².